The first-order chi connectivity index (χ1) is 15.0. The third-order valence-electron chi connectivity index (χ3n) is 5.87. The van der Waals surface area contributed by atoms with Crippen molar-refractivity contribution in [1.29, 1.82) is 0 Å². The first-order valence-electron chi connectivity index (χ1n) is 10.7. The van der Waals surface area contributed by atoms with Gasteiger partial charge in [0.05, 0.1) is 0 Å². The Morgan fingerprint density at radius 2 is 1.90 bits per heavy atom. The van der Waals surface area contributed by atoms with E-state index in [0.717, 1.165) is 28.3 Å². The topological polar surface area (TPSA) is 84.0 Å². The van der Waals surface area contributed by atoms with E-state index in [0.29, 0.717) is 38.7 Å². The number of ether oxygens (including phenoxy) is 2. The van der Waals surface area contributed by atoms with Gasteiger partial charge in [-0.1, -0.05) is 38.1 Å². The number of hydrogen-bond donors (Lipinski definition) is 3. The highest BCUT2D eigenvalue weighted by atomic mass is 16.6. The van der Waals surface area contributed by atoms with E-state index in [2.05, 4.69) is 53.0 Å². The van der Waals surface area contributed by atoms with Gasteiger partial charge in [-0.15, -0.1) is 0 Å². The zero-order valence-electron chi connectivity index (χ0n) is 18.3. The van der Waals surface area contributed by atoms with Crippen molar-refractivity contribution in [2.45, 2.75) is 31.6 Å². The highest BCUT2D eigenvalue weighted by Crippen LogP contribution is 2.35. The van der Waals surface area contributed by atoms with Crippen LogP contribution in [0.2, 0.25) is 0 Å². The van der Waals surface area contributed by atoms with Crippen LogP contribution in [-0.2, 0) is 10.2 Å². The van der Waals surface area contributed by atoms with Gasteiger partial charge in [0.1, 0.15) is 13.2 Å². The number of nitrogens with zero attached hydrogens (tertiary/aromatic N) is 1. The van der Waals surface area contributed by atoms with E-state index >= 15 is 0 Å². The molecule has 0 fully saturated rings. The molecule has 0 spiro atoms. The molecule has 1 amide bonds. The molecule has 2 aliphatic heterocycles. The fraction of sp³-hybridized carbons (Fsp3) is 0.417. The maximum absolute atomic E-state index is 12.1. The molecule has 7 heteroatoms. The molecular weight excluding hydrogens is 392 g/mol. The van der Waals surface area contributed by atoms with Crippen LogP contribution in [0.15, 0.2) is 47.5 Å². The first-order valence-corrected chi connectivity index (χ1v) is 10.7. The number of para-hydroxylation sites is 1. The van der Waals surface area contributed by atoms with E-state index in [4.69, 9.17) is 9.47 Å². The number of fused-ring (bicyclic) bond motifs is 2. The van der Waals surface area contributed by atoms with Crippen LogP contribution in [0.4, 0.5) is 5.69 Å². The number of benzene rings is 2. The van der Waals surface area contributed by atoms with Crippen molar-refractivity contribution >= 4 is 17.6 Å². The number of nitrogens with one attached hydrogen (secondary N) is 3. The van der Waals surface area contributed by atoms with Gasteiger partial charge in [-0.05, 0) is 29.3 Å². The summed E-state index contributed by atoms with van der Waals surface area (Å²) < 4.78 is 11.4. The third kappa shape index (κ3) is 4.76. The molecule has 0 radical (unpaired) electrons. The van der Waals surface area contributed by atoms with Crippen molar-refractivity contribution in [2.24, 2.45) is 4.99 Å². The Morgan fingerprint density at radius 3 is 2.71 bits per heavy atom. The number of carbonyl (C=O) groups is 1. The summed E-state index contributed by atoms with van der Waals surface area (Å²) in [6.45, 7) is 6.85. The summed E-state index contributed by atoms with van der Waals surface area (Å²) in [6, 6.07) is 14.1. The molecule has 0 bridgehead atoms. The quantitative estimate of drug-likeness (QED) is 0.510. The minimum Gasteiger partial charge on any atom is -0.486 e. The van der Waals surface area contributed by atoms with Crippen molar-refractivity contribution in [3.8, 4) is 11.5 Å². The minimum atomic E-state index is -0.148. The summed E-state index contributed by atoms with van der Waals surface area (Å²) in [5, 5.41) is 9.76. The van der Waals surface area contributed by atoms with Gasteiger partial charge >= 0.3 is 0 Å². The number of aliphatic imine (C=N–C) groups is 1. The van der Waals surface area contributed by atoms with Crippen molar-refractivity contribution < 1.29 is 14.3 Å². The van der Waals surface area contributed by atoms with Gasteiger partial charge in [-0.25, -0.2) is 0 Å². The van der Waals surface area contributed by atoms with Gasteiger partial charge in [0.25, 0.3) is 0 Å². The highest BCUT2D eigenvalue weighted by Gasteiger charge is 2.26. The third-order valence-corrected chi connectivity index (χ3v) is 5.87. The lowest BCUT2D eigenvalue weighted by Gasteiger charge is -2.29. The van der Waals surface area contributed by atoms with Gasteiger partial charge < -0.3 is 25.4 Å². The highest BCUT2D eigenvalue weighted by molar-refractivity contribution is 5.94. The fourth-order valence-corrected chi connectivity index (χ4v) is 4.00. The van der Waals surface area contributed by atoms with Crippen LogP contribution < -0.4 is 25.4 Å². The monoisotopic (exact) mass is 422 g/mol. The molecule has 2 aromatic rings. The molecule has 0 saturated heterocycles. The molecule has 1 atom stereocenters. The Labute approximate surface area is 183 Å². The van der Waals surface area contributed by atoms with E-state index in [1.807, 2.05) is 24.3 Å². The zero-order valence-corrected chi connectivity index (χ0v) is 18.3. The lowest BCUT2D eigenvalue weighted by Crippen LogP contribution is -2.45. The van der Waals surface area contributed by atoms with E-state index in [1.165, 1.54) is 0 Å². The molecule has 0 aliphatic carbocycles. The average molecular weight is 423 g/mol. The Morgan fingerprint density at radius 1 is 1.13 bits per heavy atom. The number of carbonyl (C=O) groups excluding carboxylic acids is 1. The Bertz CT molecular complexity index is 987. The smallest absolute Gasteiger partial charge is 0.225 e. The number of anilines is 1. The standard InChI is InChI=1S/C24H30N4O3/c1-24(2,17-8-9-20-21(13-17)31-11-10-30-20)15-27-23(25-3)26-14-16-12-22(29)28-19-7-5-4-6-18(16)19/h4-9,13,16H,10-12,14-15H2,1-3H3,(H,28,29)(H2,25,26,27). The maximum atomic E-state index is 12.1. The van der Waals surface area contributed by atoms with Gasteiger partial charge in [0.2, 0.25) is 5.91 Å². The fourth-order valence-electron chi connectivity index (χ4n) is 4.00. The van der Waals surface area contributed by atoms with E-state index < -0.39 is 0 Å². The molecule has 31 heavy (non-hydrogen) atoms. The molecular formula is C24H30N4O3. The molecule has 2 aliphatic rings. The summed E-state index contributed by atoms with van der Waals surface area (Å²) in [6.07, 6.45) is 0.462. The van der Waals surface area contributed by atoms with Crippen LogP contribution in [-0.4, -0.2) is 45.2 Å². The van der Waals surface area contributed by atoms with Crippen LogP contribution >= 0.6 is 0 Å². The predicted molar refractivity (Wildman–Crippen MR) is 122 cm³/mol. The normalized spacial score (nSPS) is 18.1. The summed E-state index contributed by atoms with van der Waals surface area (Å²) in [4.78, 5) is 16.4. The summed E-state index contributed by atoms with van der Waals surface area (Å²) >= 11 is 0. The van der Waals surface area contributed by atoms with Gasteiger partial charge in [-0.2, -0.15) is 0 Å². The summed E-state index contributed by atoms with van der Waals surface area (Å²) in [7, 11) is 1.76. The van der Waals surface area contributed by atoms with Crippen molar-refractivity contribution in [3.05, 3.63) is 53.6 Å². The molecule has 7 nitrogen and oxygen atoms in total. The van der Waals surface area contributed by atoms with Gasteiger partial charge in [0, 0.05) is 43.6 Å². The van der Waals surface area contributed by atoms with Crippen LogP contribution in [0.3, 0.4) is 0 Å². The molecule has 164 valence electrons. The SMILES string of the molecule is CN=C(NCC1CC(=O)Nc2ccccc21)NCC(C)(C)c1ccc2c(c1)OCCO2. The molecule has 1 unspecified atom stereocenters. The molecule has 3 N–H and O–H groups in total. The second kappa shape index (κ2) is 8.88. The van der Waals surface area contributed by atoms with E-state index in [1.54, 1.807) is 7.05 Å². The van der Waals surface area contributed by atoms with Crippen molar-refractivity contribution in [1.82, 2.24) is 10.6 Å². The second-order valence-corrected chi connectivity index (χ2v) is 8.59. The summed E-state index contributed by atoms with van der Waals surface area (Å²) in [5.74, 6) is 2.47. The Hall–Kier alpha value is -3.22. The van der Waals surface area contributed by atoms with Crippen LogP contribution in [0.1, 0.15) is 37.3 Å². The molecule has 2 heterocycles. The molecule has 0 aromatic heterocycles. The lowest BCUT2D eigenvalue weighted by molar-refractivity contribution is -0.116. The van der Waals surface area contributed by atoms with Crippen LogP contribution in [0, 0.1) is 0 Å². The number of guanidine groups is 1. The largest absolute Gasteiger partial charge is 0.486 e. The molecule has 4 rings (SSSR count). The lowest BCUT2D eigenvalue weighted by atomic mass is 9.84. The summed E-state index contributed by atoms with van der Waals surface area (Å²) in [5.41, 5.74) is 3.07. The molecule has 0 saturated carbocycles. The van der Waals surface area contributed by atoms with Crippen molar-refractivity contribution in [2.75, 3.05) is 38.7 Å². The minimum absolute atomic E-state index is 0.0492. The van der Waals surface area contributed by atoms with Crippen LogP contribution in [0.5, 0.6) is 11.5 Å². The van der Waals surface area contributed by atoms with E-state index in [-0.39, 0.29) is 17.2 Å². The number of rotatable bonds is 5. The zero-order chi connectivity index (χ0) is 21.8. The van der Waals surface area contributed by atoms with Gasteiger partial charge in [0.15, 0.2) is 17.5 Å². The maximum Gasteiger partial charge on any atom is 0.225 e. The number of hydrogen-bond acceptors (Lipinski definition) is 4. The Balaban J connectivity index is 1.37. The molecule has 2 aromatic carbocycles. The van der Waals surface area contributed by atoms with Crippen LogP contribution in [0.25, 0.3) is 0 Å². The number of amides is 1. The average Bonchev–Trinajstić information content (AvgIpc) is 2.78. The van der Waals surface area contributed by atoms with Gasteiger partial charge in [-0.3, -0.25) is 9.79 Å². The first kappa shape index (κ1) is 21.0. The second-order valence-electron chi connectivity index (χ2n) is 8.59. The predicted octanol–water partition coefficient (Wildman–Crippen LogP) is 3.03. The Kier molecular flexibility index (Phi) is 6.02. The van der Waals surface area contributed by atoms with E-state index in [9.17, 15) is 4.79 Å². The van der Waals surface area contributed by atoms with Crippen molar-refractivity contribution in [3.63, 3.8) is 0 Å².